The standard InChI is InChI=1S/C15H21ClN4/c1-4-13-15(16)14(20(5-2)19-13)10-18-11(3)12-6-8-17-9-7-12/h6-9,11,18H,4-5,10H2,1-3H3/t11-/m1/s1. The summed E-state index contributed by atoms with van der Waals surface area (Å²) < 4.78 is 1.98. The Labute approximate surface area is 125 Å². The fourth-order valence-electron chi connectivity index (χ4n) is 2.21. The third kappa shape index (κ3) is 3.19. The second kappa shape index (κ2) is 6.86. The Kier molecular flexibility index (Phi) is 5.15. The van der Waals surface area contributed by atoms with Crippen molar-refractivity contribution in [3.05, 3.63) is 46.5 Å². The van der Waals surface area contributed by atoms with Gasteiger partial charge < -0.3 is 5.32 Å². The van der Waals surface area contributed by atoms with Gasteiger partial charge in [0.2, 0.25) is 0 Å². The first-order chi connectivity index (χ1) is 9.67. The molecule has 2 rings (SSSR count). The predicted molar refractivity (Wildman–Crippen MR) is 81.8 cm³/mol. The molecule has 0 aromatic carbocycles. The summed E-state index contributed by atoms with van der Waals surface area (Å²) in [6.45, 7) is 7.84. The van der Waals surface area contributed by atoms with Crippen LogP contribution in [0.2, 0.25) is 5.02 Å². The quantitative estimate of drug-likeness (QED) is 0.888. The van der Waals surface area contributed by atoms with Crippen LogP contribution in [0.3, 0.4) is 0 Å². The van der Waals surface area contributed by atoms with Gasteiger partial charge in [0, 0.05) is 31.5 Å². The molecule has 4 nitrogen and oxygen atoms in total. The van der Waals surface area contributed by atoms with Crippen LogP contribution >= 0.6 is 11.6 Å². The molecule has 0 saturated carbocycles. The fraction of sp³-hybridized carbons (Fsp3) is 0.467. The maximum Gasteiger partial charge on any atom is 0.0863 e. The largest absolute Gasteiger partial charge is 0.305 e. The lowest BCUT2D eigenvalue weighted by Crippen LogP contribution is -2.20. The summed E-state index contributed by atoms with van der Waals surface area (Å²) in [5.74, 6) is 0. The number of rotatable bonds is 6. The van der Waals surface area contributed by atoms with Gasteiger partial charge in [0.15, 0.2) is 0 Å². The van der Waals surface area contributed by atoms with Crippen molar-refractivity contribution in [2.75, 3.05) is 0 Å². The van der Waals surface area contributed by atoms with E-state index in [9.17, 15) is 0 Å². The van der Waals surface area contributed by atoms with Gasteiger partial charge in [-0.05, 0) is 38.0 Å². The van der Waals surface area contributed by atoms with Crippen LogP contribution in [0.1, 0.15) is 43.8 Å². The van der Waals surface area contributed by atoms with Gasteiger partial charge in [-0.25, -0.2) is 0 Å². The maximum atomic E-state index is 6.40. The van der Waals surface area contributed by atoms with Crippen LogP contribution in [0.25, 0.3) is 0 Å². The predicted octanol–water partition coefficient (Wildman–Crippen LogP) is 3.36. The monoisotopic (exact) mass is 292 g/mol. The van der Waals surface area contributed by atoms with Gasteiger partial charge in [0.25, 0.3) is 0 Å². The second-order valence-electron chi connectivity index (χ2n) is 4.76. The Morgan fingerprint density at radius 1 is 1.30 bits per heavy atom. The van der Waals surface area contributed by atoms with Crippen LogP contribution in [0.4, 0.5) is 0 Å². The van der Waals surface area contributed by atoms with Gasteiger partial charge in [-0.1, -0.05) is 18.5 Å². The van der Waals surface area contributed by atoms with Crippen molar-refractivity contribution in [3.63, 3.8) is 0 Å². The van der Waals surface area contributed by atoms with Crippen molar-refractivity contribution in [3.8, 4) is 0 Å². The lowest BCUT2D eigenvalue weighted by Gasteiger charge is -2.14. The average Bonchev–Trinajstić information content (AvgIpc) is 2.81. The van der Waals surface area contributed by atoms with E-state index in [2.05, 4.69) is 36.2 Å². The van der Waals surface area contributed by atoms with E-state index >= 15 is 0 Å². The first kappa shape index (κ1) is 15.0. The molecule has 0 aliphatic heterocycles. The Balaban J connectivity index is 2.09. The number of nitrogens with zero attached hydrogens (tertiary/aromatic N) is 3. The van der Waals surface area contributed by atoms with Crippen LogP contribution in [0.5, 0.6) is 0 Å². The average molecular weight is 293 g/mol. The first-order valence-electron chi connectivity index (χ1n) is 7.04. The van der Waals surface area contributed by atoms with Crippen molar-refractivity contribution < 1.29 is 0 Å². The van der Waals surface area contributed by atoms with Gasteiger partial charge >= 0.3 is 0 Å². The number of nitrogens with one attached hydrogen (secondary N) is 1. The van der Waals surface area contributed by atoms with Crippen LogP contribution in [0, 0.1) is 0 Å². The van der Waals surface area contributed by atoms with Gasteiger partial charge in [-0.2, -0.15) is 5.10 Å². The molecule has 0 amide bonds. The highest BCUT2D eigenvalue weighted by atomic mass is 35.5. The van der Waals surface area contributed by atoms with Gasteiger partial charge in [0.1, 0.15) is 0 Å². The smallest absolute Gasteiger partial charge is 0.0863 e. The van der Waals surface area contributed by atoms with Crippen molar-refractivity contribution in [1.29, 1.82) is 0 Å². The normalized spacial score (nSPS) is 12.6. The molecule has 1 atom stereocenters. The SMILES string of the molecule is CCc1nn(CC)c(CN[C@H](C)c2ccncc2)c1Cl. The number of aryl methyl sites for hydroxylation is 2. The van der Waals surface area contributed by atoms with Crippen molar-refractivity contribution in [1.82, 2.24) is 20.1 Å². The van der Waals surface area contributed by atoms with Crippen LogP contribution in [0.15, 0.2) is 24.5 Å². The summed E-state index contributed by atoms with van der Waals surface area (Å²) in [4.78, 5) is 4.04. The zero-order valence-electron chi connectivity index (χ0n) is 12.2. The second-order valence-corrected chi connectivity index (χ2v) is 5.14. The molecule has 0 fully saturated rings. The molecule has 0 bridgehead atoms. The molecule has 0 radical (unpaired) electrons. The van der Waals surface area contributed by atoms with E-state index in [1.807, 2.05) is 29.2 Å². The van der Waals surface area contributed by atoms with Crippen LogP contribution in [-0.2, 0) is 19.5 Å². The maximum absolute atomic E-state index is 6.40. The van der Waals surface area contributed by atoms with Crippen molar-refractivity contribution >= 4 is 11.6 Å². The third-order valence-corrected chi connectivity index (χ3v) is 3.91. The van der Waals surface area contributed by atoms with Gasteiger partial charge in [0.05, 0.1) is 16.4 Å². The summed E-state index contributed by atoms with van der Waals surface area (Å²) in [6.07, 6.45) is 4.48. The third-order valence-electron chi connectivity index (χ3n) is 3.48. The number of hydrogen-bond donors (Lipinski definition) is 1. The van der Waals surface area contributed by atoms with E-state index in [0.29, 0.717) is 6.54 Å². The molecule has 0 aliphatic carbocycles. The van der Waals surface area contributed by atoms with Crippen molar-refractivity contribution in [2.24, 2.45) is 0 Å². The van der Waals surface area contributed by atoms with E-state index in [1.165, 1.54) is 5.56 Å². The minimum absolute atomic E-state index is 0.249. The van der Waals surface area contributed by atoms with Gasteiger partial charge in [-0.3, -0.25) is 9.67 Å². The molecule has 0 spiro atoms. The van der Waals surface area contributed by atoms with Gasteiger partial charge in [-0.15, -0.1) is 0 Å². The summed E-state index contributed by atoms with van der Waals surface area (Å²) in [5, 5.41) is 8.82. The topological polar surface area (TPSA) is 42.7 Å². The van der Waals surface area contributed by atoms with E-state index in [1.54, 1.807) is 0 Å². The zero-order valence-corrected chi connectivity index (χ0v) is 13.0. The zero-order chi connectivity index (χ0) is 14.5. The molecule has 0 aliphatic rings. The number of pyridine rings is 1. The molecular formula is C15H21ClN4. The molecular weight excluding hydrogens is 272 g/mol. The highest BCUT2D eigenvalue weighted by Crippen LogP contribution is 2.22. The highest BCUT2D eigenvalue weighted by molar-refractivity contribution is 6.31. The van der Waals surface area contributed by atoms with E-state index in [-0.39, 0.29) is 6.04 Å². The minimum Gasteiger partial charge on any atom is -0.305 e. The van der Waals surface area contributed by atoms with Crippen LogP contribution < -0.4 is 5.32 Å². The molecule has 1 N–H and O–H groups in total. The highest BCUT2D eigenvalue weighted by Gasteiger charge is 2.15. The first-order valence-corrected chi connectivity index (χ1v) is 7.42. The number of halogens is 1. The summed E-state index contributed by atoms with van der Waals surface area (Å²) in [7, 11) is 0. The summed E-state index contributed by atoms with van der Waals surface area (Å²) in [5.41, 5.74) is 3.25. The van der Waals surface area contributed by atoms with E-state index < -0.39 is 0 Å². The Hall–Kier alpha value is -1.39. The molecule has 0 unspecified atom stereocenters. The molecule has 2 aromatic heterocycles. The molecule has 5 heteroatoms. The molecule has 108 valence electrons. The number of hydrogen-bond acceptors (Lipinski definition) is 3. The fourth-order valence-corrected chi connectivity index (χ4v) is 2.54. The Morgan fingerprint density at radius 2 is 2.00 bits per heavy atom. The summed E-state index contributed by atoms with van der Waals surface area (Å²) >= 11 is 6.40. The number of aromatic nitrogens is 3. The lowest BCUT2D eigenvalue weighted by atomic mass is 10.1. The van der Waals surface area contributed by atoms with Crippen molar-refractivity contribution in [2.45, 2.75) is 46.3 Å². The molecule has 20 heavy (non-hydrogen) atoms. The summed E-state index contributed by atoms with van der Waals surface area (Å²) in [6, 6.07) is 4.29. The molecule has 2 heterocycles. The van der Waals surface area contributed by atoms with E-state index in [4.69, 9.17) is 11.6 Å². The molecule has 0 saturated heterocycles. The Bertz CT molecular complexity index is 551. The lowest BCUT2D eigenvalue weighted by molar-refractivity contribution is 0.530. The van der Waals surface area contributed by atoms with E-state index in [0.717, 1.165) is 29.4 Å². The Morgan fingerprint density at radius 3 is 2.60 bits per heavy atom. The minimum atomic E-state index is 0.249. The molecule has 2 aromatic rings. The van der Waals surface area contributed by atoms with Crippen LogP contribution in [-0.4, -0.2) is 14.8 Å².